The van der Waals surface area contributed by atoms with E-state index in [-0.39, 0.29) is 5.97 Å². The van der Waals surface area contributed by atoms with Crippen LogP contribution in [-0.2, 0) is 9.53 Å². The largest absolute Gasteiger partial charge is 0.469 e. The van der Waals surface area contributed by atoms with E-state index >= 15 is 0 Å². The maximum atomic E-state index is 10.9. The molecule has 0 heterocycles. The first-order chi connectivity index (χ1) is 10.8. The van der Waals surface area contributed by atoms with E-state index < -0.39 is 8.07 Å². The van der Waals surface area contributed by atoms with E-state index in [2.05, 4.69) is 60.7 Å². The summed E-state index contributed by atoms with van der Waals surface area (Å²) in [6.45, 7) is 8.96. The molecule has 0 aliphatic heterocycles. The Morgan fingerprint density at radius 3 is 2.57 bits per heavy atom. The Hall–Kier alpha value is -1.71. The lowest BCUT2D eigenvalue weighted by Gasteiger charge is -2.04. The van der Waals surface area contributed by atoms with Crippen molar-refractivity contribution in [2.75, 3.05) is 7.11 Å². The molecular formula is C20H30O2Si. The highest BCUT2D eigenvalue weighted by Gasteiger charge is 2.07. The van der Waals surface area contributed by atoms with Crippen molar-refractivity contribution in [3.63, 3.8) is 0 Å². The summed E-state index contributed by atoms with van der Waals surface area (Å²) in [5, 5.41) is 0. The molecule has 0 fully saturated rings. The number of carbonyl (C=O) groups is 1. The van der Waals surface area contributed by atoms with Gasteiger partial charge < -0.3 is 4.74 Å². The fourth-order valence-electron chi connectivity index (χ4n) is 1.62. The third-order valence-corrected chi connectivity index (χ3v) is 3.81. The molecule has 0 saturated heterocycles. The number of hydrogen-bond acceptors (Lipinski definition) is 2. The van der Waals surface area contributed by atoms with Gasteiger partial charge in [0.15, 0.2) is 0 Å². The SMILES string of the molecule is COC(=O)CCCCC#C/C=C/C=C[C@H](C)CC#C[Si](C)(C)C. The van der Waals surface area contributed by atoms with Crippen LogP contribution in [0.2, 0.25) is 19.6 Å². The zero-order valence-corrected chi connectivity index (χ0v) is 16.2. The van der Waals surface area contributed by atoms with Crippen molar-refractivity contribution < 1.29 is 9.53 Å². The molecule has 23 heavy (non-hydrogen) atoms. The maximum Gasteiger partial charge on any atom is 0.305 e. The second-order valence-electron chi connectivity index (χ2n) is 6.58. The lowest BCUT2D eigenvalue weighted by Crippen LogP contribution is -2.16. The van der Waals surface area contributed by atoms with Crippen LogP contribution in [0, 0.1) is 29.2 Å². The second kappa shape index (κ2) is 12.8. The standard InChI is InChI=1S/C20H30O2Si/c1-19(16-14-18-23(3,4)5)15-12-10-8-6-7-9-11-13-17-20(21)22-2/h8,10,12,15,19H,9,11,13,16-17H2,1-5H3/b10-8+,15-12?/t19-/m0/s1. The summed E-state index contributed by atoms with van der Waals surface area (Å²) in [5.41, 5.74) is 3.38. The molecule has 1 atom stereocenters. The van der Waals surface area contributed by atoms with Gasteiger partial charge >= 0.3 is 5.97 Å². The molecule has 0 rings (SSSR count). The van der Waals surface area contributed by atoms with Gasteiger partial charge in [-0.2, -0.15) is 0 Å². The van der Waals surface area contributed by atoms with E-state index in [0.717, 1.165) is 25.7 Å². The molecule has 0 aromatic rings. The highest BCUT2D eigenvalue weighted by atomic mass is 28.3. The summed E-state index contributed by atoms with van der Waals surface area (Å²) in [6, 6.07) is 0. The molecule has 3 heteroatoms. The molecule has 2 nitrogen and oxygen atoms in total. The van der Waals surface area contributed by atoms with E-state index in [4.69, 9.17) is 0 Å². The second-order valence-corrected chi connectivity index (χ2v) is 11.3. The summed E-state index contributed by atoms with van der Waals surface area (Å²) in [6.07, 6.45) is 12.0. The van der Waals surface area contributed by atoms with Gasteiger partial charge in [-0.05, 0) is 24.8 Å². The Bertz CT molecular complexity index is 516. The number of allylic oxidation sites excluding steroid dienone is 4. The lowest BCUT2D eigenvalue weighted by molar-refractivity contribution is -0.140. The molecule has 0 radical (unpaired) electrons. The summed E-state index contributed by atoms with van der Waals surface area (Å²) in [5.74, 6) is 9.69. The van der Waals surface area contributed by atoms with Gasteiger partial charge in [0.25, 0.3) is 0 Å². The van der Waals surface area contributed by atoms with Crippen LogP contribution < -0.4 is 0 Å². The number of carbonyl (C=O) groups excluding carboxylic acids is 1. The van der Waals surface area contributed by atoms with Gasteiger partial charge in [0.05, 0.1) is 7.11 Å². The van der Waals surface area contributed by atoms with Crippen molar-refractivity contribution in [2.24, 2.45) is 5.92 Å². The van der Waals surface area contributed by atoms with E-state index in [1.165, 1.54) is 7.11 Å². The van der Waals surface area contributed by atoms with Crippen molar-refractivity contribution in [3.05, 3.63) is 24.3 Å². The average molecular weight is 331 g/mol. The highest BCUT2D eigenvalue weighted by Crippen LogP contribution is 2.04. The number of esters is 1. The van der Waals surface area contributed by atoms with Crippen LogP contribution >= 0.6 is 0 Å². The quantitative estimate of drug-likeness (QED) is 0.221. The zero-order valence-electron chi connectivity index (χ0n) is 15.2. The number of rotatable bonds is 7. The van der Waals surface area contributed by atoms with Gasteiger partial charge in [0, 0.05) is 19.3 Å². The fraction of sp³-hybridized carbons (Fsp3) is 0.550. The molecule has 0 aromatic heterocycles. The monoisotopic (exact) mass is 330 g/mol. The zero-order chi connectivity index (χ0) is 17.6. The van der Waals surface area contributed by atoms with Gasteiger partial charge in [-0.15, -0.1) is 11.5 Å². The Balaban J connectivity index is 3.86. The van der Waals surface area contributed by atoms with Gasteiger partial charge in [-0.1, -0.05) is 56.6 Å². The van der Waals surface area contributed by atoms with Crippen LogP contribution in [0.15, 0.2) is 24.3 Å². The predicted octanol–water partition coefficient (Wildman–Crippen LogP) is 4.74. The molecule has 126 valence electrons. The van der Waals surface area contributed by atoms with Crippen molar-refractivity contribution in [1.29, 1.82) is 0 Å². The van der Waals surface area contributed by atoms with Crippen molar-refractivity contribution in [2.45, 2.75) is 58.7 Å². The van der Waals surface area contributed by atoms with Crippen LogP contribution in [-0.4, -0.2) is 21.2 Å². The number of hydrogen-bond donors (Lipinski definition) is 0. The van der Waals surface area contributed by atoms with E-state index in [9.17, 15) is 4.79 Å². The maximum absolute atomic E-state index is 10.9. The van der Waals surface area contributed by atoms with Crippen LogP contribution in [0.1, 0.15) is 39.0 Å². The lowest BCUT2D eigenvalue weighted by atomic mass is 10.1. The number of methoxy groups -OCH3 is 1. The van der Waals surface area contributed by atoms with Crippen molar-refractivity contribution in [1.82, 2.24) is 0 Å². The van der Waals surface area contributed by atoms with Gasteiger partial charge in [0.2, 0.25) is 0 Å². The number of unbranched alkanes of at least 4 members (excludes halogenated alkanes) is 2. The Morgan fingerprint density at radius 2 is 1.91 bits per heavy atom. The van der Waals surface area contributed by atoms with Crippen molar-refractivity contribution in [3.8, 4) is 23.3 Å². The molecule has 0 aromatic carbocycles. The third kappa shape index (κ3) is 16.5. The first-order valence-electron chi connectivity index (χ1n) is 8.23. The average Bonchev–Trinajstić information content (AvgIpc) is 2.47. The molecule has 0 aliphatic rings. The number of ether oxygens (including phenoxy) is 1. The first kappa shape index (κ1) is 21.3. The van der Waals surface area contributed by atoms with Crippen LogP contribution in [0.25, 0.3) is 0 Å². The Kier molecular flexibility index (Phi) is 11.8. The first-order valence-corrected chi connectivity index (χ1v) is 11.7. The van der Waals surface area contributed by atoms with E-state index in [1.807, 2.05) is 18.2 Å². The van der Waals surface area contributed by atoms with Crippen molar-refractivity contribution >= 4 is 14.0 Å². The molecular weight excluding hydrogens is 300 g/mol. The predicted molar refractivity (Wildman–Crippen MR) is 101 cm³/mol. The smallest absolute Gasteiger partial charge is 0.305 e. The minimum absolute atomic E-state index is 0.147. The van der Waals surface area contributed by atoms with E-state index in [1.54, 1.807) is 0 Å². The molecule has 0 N–H and O–H groups in total. The summed E-state index contributed by atoms with van der Waals surface area (Å²) in [7, 11) is 0.178. The molecule has 0 saturated carbocycles. The third-order valence-electron chi connectivity index (χ3n) is 2.88. The van der Waals surface area contributed by atoms with Gasteiger partial charge in [-0.25, -0.2) is 0 Å². The van der Waals surface area contributed by atoms with Gasteiger partial charge in [-0.3, -0.25) is 4.79 Å². The van der Waals surface area contributed by atoms with Gasteiger partial charge in [0.1, 0.15) is 8.07 Å². The summed E-state index contributed by atoms with van der Waals surface area (Å²) < 4.78 is 4.58. The Labute approximate surface area is 143 Å². The van der Waals surface area contributed by atoms with Crippen LogP contribution in [0.4, 0.5) is 0 Å². The Morgan fingerprint density at radius 1 is 1.17 bits per heavy atom. The fourth-order valence-corrected chi connectivity index (χ4v) is 2.25. The molecule has 0 aliphatic carbocycles. The molecule has 0 unspecified atom stereocenters. The topological polar surface area (TPSA) is 26.3 Å². The normalized spacial score (nSPS) is 12.4. The van der Waals surface area contributed by atoms with Crippen LogP contribution in [0.3, 0.4) is 0 Å². The minimum Gasteiger partial charge on any atom is -0.469 e. The minimum atomic E-state index is -1.24. The molecule has 0 spiro atoms. The summed E-state index contributed by atoms with van der Waals surface area (Å²) in [4.78, 5) is 10.9. The van der Waals surface area contributed by atoms with Crippen LogP contribution in [0.5, 0.6) is 0 Å². The highest BCUT2D eigenvalue weighted by molar-refractivity contribution is 6.83. The van der Waals surface area contributed by atoms with E-state index in [0.29, 0.717) is 12.3 Å². The molecule has 0 amide bonds. The molecule has 0 bridgehead atoms. The summed E-state index contributed by atoms with van der Waals surface area (Å²) >= 11 is 0.